The number of hydrogen-bond donors (Lipinski definition) is 0. The quantitative estimate of drug-likeness (QED) is 0.389. The first kappa shape index (κ1) is 19.0. The molecule has 2 aromatic heterocycles. The van der Waals surface area contributed by atoms with Crippen molar-refractivity contribution in [2.75, 3.05) is 4.31 Å². The molecule has 2 aromatic carbocycles. The van der Waals surface area contributed by atoms with Gasteiger partial charge in [-0.2, -0.15) is 11.3 Å². The summed E-state index contributed by atoms with van der Waals surface area (Å²) < 4.78 is 56.0. The molecule has 3 nitrogen and oxygen atoms in total. The minimum absolute atomic E-state index is 0.0942. The van der Waals surface area contributed by atoms with Crippen molar-refractivity contribution in [2.24, 2.45) is 0 Å². The summed E-state index contributed by atoms with van der Waals surface area (Å²) in [5.74, 6) is -1.97. The fraction of sp³-hybridized carbons (Fsp3) is 0.100. The van der Waals surface area contributed by atoms with Crippen LogP contribution >= 0.6 is 22.7 Å². The van der Waals surface area contributed by atoms with Crippen molar-refractivity contribution < 1.29 is 17.2 Å². The first-order valence-corrected chi connectivity index (χ1v) is 11.5. The van der Waals surface area contributed by atoms with Gasteiger partial charge in [-0.1, -0.05) is 24.3 Å². The second-order valence-corrected chi connectivity index (χ2v) is 9.92. The van der Waals surface area contributed by atoms with Gasteiger partial charge in [0.05, 0.1) is 11.4 Å². The summed E-state index contributed by atoms with van der Waals surface area (Å²) in [5.41, 5.74) is 1.21. The molecule has 0 aliphatic carbocycles. The number of fused-ring (bicyclic) bond motifs is 1. The lowest BCUT2D eigenvalue weighted by molar-refractivity contribution is 0.507. The summed E-state index contributed by atoms with van der Waals surface area (Å²) >= 11 is 2.65. The molecule has 144 valence electrons. The van der Waals surface area contributed by atoms with Gasteiger partial charge in [0.2, 0.25) is 0 Å². The lowest BCUT2D eigenvalue weighted by Crippen LogP contribution is -2.30. The van der Waals surface area contributed by atoms with E-state index in [9.17, 15) is 17.2 Å². The summed E-state index contributed by atoms with van der Waals surface area (Å²) in [6.45, 7) is 1.78. The molecule has 4 rings (SSSR count). The molecule has 2 heterocycles. The van der Waals surface area contributed by atoms with Crippen molar-refractivity contribution in [3.63, 3.8) is 0 Å². The van der Waals surface area contributed by atoms with Crippen molar-refractivity contribution in [3.8, 4) is 0 Å². The van der Waals surface area contributed by atoms with E-state index in [-0.39, 0.29) is 11.4 Å². The van der Waals surface area contributed by atoms with Gasteiger partial charge in [-0.3, -0.25) is 4.31 Å². The van der Waals surface area contributed by atoms with Crippen LogP contribution in [0.15, 0.2) is 64.2 Å². The molecule has 4 aromatic rings. The Morgan fingerprint density at radius 1 is 1.04 bits per heavy atom. The molecule has 0 N–H and O–H groups in total. The third-order valence-electron chi connectivity index (χ3n) is 4.44. The van der Waals surface area contributed by atoms with E-state index in [1.807, 2.05) is 31.2 Å². The first-order chi connectivity index (χ1) is 13.4. The van der Waals surface area contributed by atoms with Crippen LogP contribution in [0.4, 0.5) is 13.8 Å². The van der Waals surface area contributed by atoms with Gasteiger partial charge in [0.25, 0.3) is 10.0 Å². The summed E-state index contributed by atoms with van der Waals surface area (Å²) in [6.07, 6.45) is 0. The number of anilines is 1. The average molecular weight is 436 g/mol. The average Bonchev–Trinajstić information content (AvgIpc) is 3.32. The van der Waals surface area contributed by atoms with E-state index in [0.717, 1.165) is 27.8 Å². The lowest BCUT2D eigenvalue weighted by atomic mass is 10.2. The Kier molecular flexibility index (Phi) is 4.95. The molecule has 0 amide bonds. The monoisotopic (exact) mass is 435 g/mol. The maximum Gasteiger partial charge on any atom is 0.266 e. The minimum Gasteiger partial charge on any atom is -0.252 e. The highest BCUT2D eigenvalue weighted by Crippen LogP contribution is 2.40. The van der Waals surface area contributed by atoms with Crippen molar-refractivity contribution in [1.29, 1.82) is 0 Å². The van der Waals surface area contributed by atoms with E-state index >= 15 is 0 Å². The number of hydrogen-bond acceptors (Lipinski definition) is 4. The van der Waals surface area contributed by atoms with Crippen LogP contribution in [0.3, 0.4) is 0 Å². The summed E-state index contributed by atoms with van der Waals surface area (Å²) in [5, 5.41) is 4.80. The van der Waals surface area contributed by atoms with Gasteiger partial charge in [-0.25, -0.2) is 17.2 Å². The van der Waals surface area contributed by atoms with E-state index in [4.69, 9.17) is 0 Å². The predicted molar refractivity (Wildman–Crippen MR) is 111 cm³/mol. The van der Waals surface area contributed by atoms with Gasteiger partial charge < -0.3 is 0 Å². The summed E-state index contributed by atoms with van der Waals surface area (Å²) in [4.78, 5) is 0.178. The summed E-state index contributed by atoms with van der Waals surface area (Å²) in [6, 6.07) is 12.7. The zero-order valence-corrected chi connectivity index (χ0v) is 17.2. The molecule has 0 saturated carbocycles. The molecule has 0 unspecified atom stereocenters. The van der Waals surface area contributed by atoms with Crippen LogP contribution in [-0.2, 0) is 16.6 Å². The predicted octanol–water partition coefficient (Wildman–Crippen LogP) is 5.94. The van der Waals surface area contributed by atoms with Crippen molar-refractivity contribution in [1.82, 2.24) is 0 Å². The molecular weight excluding hydrogens is 420 g/mol. The molecule has 0 aliphatic heterocycles. The number of benzene rings is 2. The van der Waals surface area contributed by atoms with Crippen molar-refractivity contribution >= 4 is 47.8 Å². The first-order valence-electron chi connectivity index (χ1n) is 8.35. The van der Waals surface area contributed by atoms with Gasteiger partial charge in [-0.15, -0.1) is 11.3 Å². The Balaban J connectivity index is 1.88. The van der Waals surface area contributed by atoms with E-state index in [0.29, 0.717) is 10.6 Å². The molecular formula is C20H15F2NO2S3. The molecule has 0 saturated heterocycles. The fourth-order valence-corrected chi connectivity index (χ4v) is 6.94. The number of halogens is 2. The van der Waals surface area contributed by atoms with E-state index < -0.39 is 21.7 Å². The highest BCUT2D eigenvalue weighted by Gasteiger charge is 2.29. The maximum absolute atomic E-state index is 13.7. The number of rotatable bonds is 5. The number of nitrogens with zero attached hydrogens (tertiary/aromatic N) is 1. The van der Waals surface area contributed by atoms with Crippen LogP contribution in [0, 0.1) is 18.6 Å². The SMILES string of the molecule is Cc1c(N(Cc2ccc(F)c(F)c2)S(=O)(=O)c2ccsc2)sc2ccccc12. The van der Waals surface area contributed by atoms with Gasteiger partial charge >= 0.3 is 0 Å². The molecule has 28 heavy (non-hydrogen) atoms. The lowest BCUT2D eigenvalue weighted by Gasteiger charge is -2.23. The van der Waals surface area contributed by atoms with Crippen molar-refractivity contribution in [3.05, 3.63) is 82.1 Å². The highest BCUT2D eigenvalue weighted by molar-refractivity contribution is 7.93. The van der Waals surface area contributed by atoms with E-state index in [2.05, 4.69) is 0 Å². The van der Waals surface area contributed by atoms with Crippen LogP contribution < -0.4 is 4.31 Å². The molecule has 0 fully saturated rings. The number of thiophene rings is 2. The molecule has 8 heteroatoms. The van der Waals surface area contributed by atoms with Crippen LogP contribution in [0.25, 0.3) is 10.1 Å². The molecule has 0 atom stereocenters. The van der Waals surface area contributed by atoms with E-state index in [1.54, 1.807) is 16.8 Å². The Hall–Kier alpha value is -2.29. The third kappa shape index (κ3) is 3.32. The number of aryl methyl sites for hydroxylation is 1. The topological polar surface area (TPSA) is 37.4 Å². The van der Waals surface area contributed by atoms with Gasteiger partial charge in [0, 0.05) is 10.1 Å². The molecule has 0 radical (unpaired) electrons. The second kappa shape index (κ2) is 7.27. The zero-order chi connectivity index (χ0) is 19.9. The third-order valence-corrected chi connectivity index (χ3v) is 8.42. The Bertz CT molecular complexity index is 1250. The van der Waals surface area contributed by atoms with Crippen LogP contribution in [-0.4, -0.2) is 8.42 Å². The largest absolute Gasteiger partial charge is 0.266 e. The molecule has 0 aliphatic rings. The van der Waals surface area contributed by atoms with Gasteiger partial charge in [-0.05, 0) is 53.1 Å². The minimum atomic E-state index is -3.86. The summed E-state index contributed by atoms with van der Waals surface area (Å²) in [7, 11) is -3.86. The second-order valence-electron chi connectivity index (χ2n) is 6.25. The Morgan fingerprint density at radius 2 is 1.82 bits per heavy atom. The molecule has 0 bridgehead atoms. The highest BCUT2D eigenvalue weighted by atomic mass is 32.2. The normalized spacial score (nSPS) is 11.8. The van der Waals surface area contributed by atoms with Gasteiger partial charge in [0.1, 0.15) is 5.00 Å². The van der Waals surface area contributed by atoms with E-state index in [1.165, 1.54) is 33.0 Å². The van der Waals surface area contributed by atoms with Crippen LogP contribution in [0.2, 0.25) is 0 Å². The smallest absolute Gasteiger partial charge is 0.252 e. The maximum atomic E-state index is 13.7. The fourth-order valence-electron chi connectivity index (χ4n) is 3.00. The van der Waals surface area contributed by atoms with Crippen molar-refractivity contribution in [2.45, 2.75) is 18.4 Å². The Labute approximate surface area is 169 Å². The Morgan fingerprint density at radius 3 is 2.50 bits per heavy atom. The van der Waals surface area contributed by atoms with Crippen LogP contribution in [0.5, 0.6) is 0 Å². The number of sulfonamides is 1. The zero-order valence-electron chi connectivity index (χ0n) is 14.7. The molecule has 0 spiro atoms. The van der Waals surface area contributed by atoms with Gasteiger partial charge in [0.15, 0.2) is 11.6 Å². The van der Waals surface area contributed by atoms with Crippen LogP contribution in [0.1, 0.15) is 11.1 Å². The standard InChI is InChI=1S/C20H15F2NO2S3/c1-13-16-4-2-3-5-19(16)27-20(13)23(28(24,25)15-8-9-26-12-15)11-14-6-7-17(21)18(22)10-14/h2-10,12H,11H2,1H3.